The predicted octanol–water partition coefficient (Wildman–Crippen LogP) is 6.91. The Kier molecular flexibility index (Phi) is 5.97. The molecule has 0 aliphatic heterocycles. The molecule has 172 valence electrons. The van der Waals surface area contributed by atoms with Gasteiger partial charge in [0.15, 0.2) is 0 Å². The summed E-state index contributed by atoms with van der Waals surface area (Å²) in [5, 5.41) is 4.36. The van der Waals surface area contributed by atoms with Crippen molar-refractivity contribution in [3.8, 4) is 11.4 Å². The van der Waals surface area contributed by atoms with Crippen molar-refractivity contribution in [3.05, 3.63) is 124 Å². The fourth-order valence-electron chi connectivity index (χ4n) is 4.50. The van der Waals surface area contributed by atoms with E-state index in [9.17, 15) is 0 Å². The van der Waals surface area contributed by atoms with Crippen LogP contribution in [-0.2, 0) is 13.0 Å². The van der Waals surface area contributed by atoms with E-state index >= 15 is 0 Å². The Morgan fingerprint density at radius 3 is 2.21 bits per heavy atom. The normalized spacial score (nSPS) is 12.2. The van der Waals surface area contributed by atoms with E-state index in [2.05, 4.69) is 110 Å². The Hall–Kier alpha value is -3.79. The maximum Gasteiger partial charge on any atom is 0.234 e. The van der Waals surface area contributed by atoms with E-state index in [1.165, 1.54) is 38.9 Å². The second kappa shape index (κ2) is 9.22. The first-order valence-electron chi connectivity index (χ1n) is 11.8. The minimum atomic E-state index is -0.00466. The summed E-state index contributed by atoms with van der Waals surface area (Å²) in [6.45, 7) is 9.46. The van der Waals surface area contributed by atoms with Gasteiger partial charge in [0.2, 0.25) is 11.7 Å². The van der Waals surface area contributed by atoms with Gasteiger partial charge < -0.3 is 9.09 Å². The standard InChI is InChI=1S/C30H30N3O/c1-20-14-21(2)16-27(15-20)28(18-25-7-6-22(3)23(4)17-25)30-31-29(32-34-30)26-10-8-24(9-11-26)19-33-12-5-13-33/h5-17,28H,18-19H2,1-4H3/q-1. The molecule has 0 N–H and O–H groups in total. The largest absolute Gasteiger partial charge is 0.455 e. The molecule has 4 heteroatoms. The lowest BCUT2D eigenvalue weighted by Crippen LogP contribution is -2.07. The van der Waals surface area contributed by atoms with E-state index < -0.39 is 0 Å². The van der Waals surface area contributed by atoms with Gasteiger partial charge in [-0.05, 0) is 61.9 Å². The van der Waals surface area contributed by atoms with Gasteiger partial charge in [-0.15, -0.1) is 18.5 Å². The molecular formula is C30H30N3O-. The molecule has 0 fully saturated rings. The summed E-state index contributed by atoms with van der Waals surface area (Å²) >= 11 is 0. The zero-order valence-corrected chi connectivity index (χ0v) is 20.2. The highest BCUT2D eigenvalue weighted by Crippen LogP contribution is 2.31. The fraction of sp³-hybridized carbons (Fsp3) is 0.233. The fourth-order valence-corrected chi connectivity index (χ4v) is 4.50. The van der Waals surface area contributed by atoms with Gasteiger partial charge in [0.25, 0.3) is 0 Å². The molecule has 0 saturated carbocycles. The third-order valence-corrected chi connectivity index (χ3v) is 6.53. The van der Waals surface area contributed by atoms with Crippen LogP contribution in [0.4, 0.5) is 0 Å². The molecule has 3 aromatic carbocycles. The van der Waals surface area contributed by atoms with E-state index in [-0.39, 0.29) is 5.92 Å². The van der Waals surface area contributed by atoms with Gasteiger partial charge in [-0.2, -0.15) is 4.98 Å². The van der Waals surface area contributed by atoms with Crippen molar-refractivity contribution < 1.29 is 4.52 Å². The van der Waals surface area contributed by atoms with Crippen LogP contribution in [0.1, 0.15) is 50.8 Å². The Labute approximate surface area is 201 Å². The Balaban J connectivity index is 1.46. The van der Waals surface area contributed by atoms with Crippen LogP contribution in [0.2, 0.25) is 0 Å². The first-order valence-corrected chi connectivity index (χ1v) is 11.8. The molecule has 2 heterocycles. The number of rotatable bonds is 7. The third-order valence-electron chi connectivity index (χ3n) is 6.53. The zero-order chi connectivity index (χ0) is 23.7. The van der Waals surface area contributed by atoms with Crippen LogP contribution in [0.25, 0.3) is 11.4 Å². The number of nitrogens with zero attached hydrogens (tertiary/aromatic N) is 3. The van der Waals surface area contributed by atoms with Crippen LogP contribution in [-0.4, -0.2) is 14.7 Å². The van der Waals surface area contributed by atoms with Crippen LogP contribution in [0, 0.1) is 27.7 Å². The lowest BCUT2D eigenvalue weighted by molar-refractivity contribution is 0.365. The second-order valence-corrected chi connectivity index (χ2v) is 9.41. The summed E-state index contributed by atoms with van der Waals surface area (Å²) in [6.07, 6.45) is 4.95. The molecule has 1 atom stereocenters. The molecular weight excluding hydrogens is 418 g/mol. The maximum absolute atomic E-state index is 5.88. The summed E-state index contributed by atoms with van der Waals surface area (Å²) < 4.78 is 8.03. The SMILES string of the molecule is Cc1cc(C)cc(C(Cc2ccc(C)c(C)c2)c2nc(-c3ccc(Cn4cc[cH-]4)cc3)no2)c1. The molecule has 4 nitrogen and oxygen atoms in total. The number of aromatic nitrogens is 3. The smallest absolute Gasteiger partial charge is 0.234 e. The Bertz CT molecular complexity index is 1370. The van der Waals surface area contributed by atoms with E-state index in [0.29, 0.717) is 11.7 Å². The summed E-state index contributed by atoms with van der Waals surface area (Å²) in [6, 6.07) is 23.8. The van der Waals surface area contributed by atoms with Crippen LogP contribution in [0.3, 0.4) is 0 Å². The molecule has 1 unspecified atom stereocenters. The van der Waals surface area contributed by atoms with E-state index in [0.717, 1.165) is 18.5 Å². The van der Waals surface area contributed by atoms with Crippen LogP contribution >= 0.6 is 0 Å². The molecule has 34 heavy (non-hydrogen) atoms. The van der Waals surface area contributed by atoms with Crippen molar-refractivity contribution in [3.63, 3.8) is 0 Å². The van der Waals surface area contributed by atoms with E-state index in [1.54, 1.807) is 0 Å². The average Bonchev–Trinajstić information content (AvgIpc) is 3.26. The van der Waals surface area contributed by atoms with Gasteiger partial charge in [0.05, 0.1) is 5.92 Å². The van der Waals surface area contributed by atoms with Crippen molar-refractivity contribution in [2.24, 2.45) is 0 Å². The average molecular weight is 449 g/mol. The Morgan fingerprint density at radius 2 is 1.56 bits per heavy atom. The van der Waals surface area contributed by atoms with Crippen molar-refractivity contribution in [2.45, 2.75) is 46.6 Å². The predicted molar refractivity (Wildman–Crippen MR) is 136 cm³/mol. The highest BCUT2D eigenvalue weighted by Gasteiger charge is 2.23. The van der Waals surface area contributed by atoms with Crippen LogP contribution < -0.4 is 0 Å². The molecule has 0 saturated heterocycles. The molecule has 5 aromatic rings. The highest BCUT2D eigenvalue weighted by atomic mass is 16.5. The van der Waals surface area contributed by atoms with Crippen molar-refractivity contribution >= 4 is 0 Å². The minimum Gasteiger partial charge on any atom is -0.455 e. The lowest BCUT2D eigenvalue weighted by Gasteiger charge is -2.16. The molecule has 0 aliphatic carbocycles. The summed E-state index contributed by atoms with van der Waals surface area (Å²) in [5.41, 5.74) is 9.78. The van der Waals surface area contributed by atoms with Crippen molar-refractivity contribution in [2.75, 3.05) is 0 Å². The topological polar surface area (TPSA) is 43.9 Å². The zero-order valence-electron chi connectivity index (χ0n) is 20.2. The summed E-state index contributed by atoms with van der Waals surface area (Å²) in [5.74, 6) is 1.28. The monoisotopic (exact) mass is 448 g/mol. The van der Waals surface area contributed by atoms with Crippen molar-refractivity contribution in [1.29, 1.82) is 0 Å². The van der Waals surface area contributed by atoms with Gasteiger partial charge in [-0.25, -0.2) is 0 Å². The van der Waals surface area contributed by atoms with Crippen LogP contribution in [0.5, 0.6) is 0 Å². The van der Waals surface area contributed by atoms with Crippen molar-refractivity contribution in [1.82, 2.24) is 14.7 Å². The minimum absolute atomic E-state index is 0.00466. The molecule has 2 aromatic heterocycles. The maximum atomic E-state index is 5.88. The van der Waals surface area contributed by atoms with Crippen LogP contribution in [0.15, 0.2) is 83.6 Å². The summed E-state index contributed by atoms with van der Waals surface area (Å²) in [4.78, 5) is 4.87. The van der Waals surface area contributed by atoms with Gasteiger partial charge in [0.1, 0.15) is 0 Å². The molecule has 0 radical (unpaired) electrons. The van der Waals surface area contributed by atoms with Gasteiger partial charge >= 0.3 is 0 Å². The van der Waals surface area contributed by atoms with Gasteiger partial charge in [-0.1, -0.05) is 76.9 Å². The lowest BCUT2D eigenvalue weighted by atomic mass is 9.89. The molecule has 0 bridgehead atoms. The molecule has 0 amide bonds. The van der Waals surface area contributed by atoms with Gasteiger partial charge in [-0.3, -0.25) is 0 Å². The molecule has 0 aliphatic rings. The Morgan fingerprint density at radius 1 is 0.853 bits per heavy atom. The van der Waals surface area contributed by atoms with E-state index in [1.807, 2.05) is 6.07 Å². The summed E-state index contributed by atoms with van der Waals surface area (Å²) in [7, 11) is 0. The number of hydrogen-bond acceptors (Lipinski definition) is 3. The number of benzene rings is 3. The molecule has 5 rings (SSSR count). The molecule has 0 spiro atoms. The first kappa shape index (κ1) is 22.0. The second-order valence-electron chi connectivity index (χ2n) is 9.41. The number of aryl methyl sites for hydroxylation is 4. The number of hydrogen-bond donors (Lipinski definition) is 0. The quantitative estimate of drug-likeness (QED) is 0.254. The first-order chi connectivity index (χ1) is 16.4. The third kappa shape index (κ3) is 4.76. The highest BCUT2D eigenvalue weighted by molar-refractivity contribution is 5.55. The van der Waals surface area contributed by atoms with Gasteiger partial charge in [0, 0.05) is 12.1 Å². The van der Waals surface area contributed by atoms with E-state index in [4.69, 9.17) is 9.51 Å².